The minimum atomic E-state index is -0.658. The third-order valence-corrected chi connectivity index (χ3v) is 5.19. The second-order valence-corrected chi connectivity index (χ2v) is 6.45. The number of hydrogen-bond donors (Lipinski definition) is 2. The van der Waals surface area contributed by atoms with Gasteiger partial charge in [0.2, 0.25) is 5.91 Å². The van der Waals surface area contributed by atoms with Crippen LogP contribution in [0, 0.1) is 5.82 Å². The molecule has 0 aliphatic carbocycles. The highest BCUT2D eigenvalue weighted by atomic mass is 19.1. The summed E-state index contributed by atoms with van der Waals surface area (Å²) in [6, 6.07) is 6.22. The van der Waals surface area contributed by atoms with Crippen molar-refractivity contribution in [2.75, 3.05) is 19.8 Å². The number of rotatable bonds is 6. The van der Waals surface area contributed by atoms with Crippen LogP contribution in [0.15, 0.2) is 24.3 Å². The fourth-order valence-corrected chi connectivity index (χ4v) is 3.06. The molecule has 0 saturated carbocycles. The number of nitrogens with two attached hydrogens (primary N) is 1. The first-order valence-corrected chi connectivity index (χ1v) is 8.37. The summed E-state index contributed by atoms with van der Waals surface area (Å²) in [6.07, 6.45) is 2.80. The van der Waals surface area contributed by atoms with Crippen LogP contribution in [0.5, 0.6) is 0 Å². The number of carbonyl (C=O) groups excluding carboxylic acids is 1. The Bertz CT molecular complexity index is 520. The van der Waals surface area contributed by atoms with Crippen LogP contribution in [-0.2, 0) is 14.9 Å². The van der Waals surface area contributed by atoms with E-state index in [0.717, 1.165) is 18.4 Å². The summed E-state index contributed by atoms with van der Waals surface area (Å²) in [5, 5.41) is 3.04. The zero-order valence-electron chi connectivity index (χ0n) is 14.0. The summed E-state index contributed by atoms with van der Waals surface area (Å²) >= 11 is 0. The molecule has 1 aromatic carbocycles. The van der Waals surface area contributed by atoms with Crippen LogP contribution >= 0.6 is 0 Å². The third kappa shape index (κ3) is 3.90. The maximum atomic E-state index is 13.2. The maximum absolute atomic E-state index is 13.2. The van der Waals surface area contributed by atoms with E-state index in [9.17, 15) is 9.18 Å². The predicted octanol–water partition coefficient (Wildman–Crippen LogP) is 2.51. The van der Waals surface area contributed by atoms with Crippen molar-refractivity contribution in [3.8, 4) is 0 Å². The lowest BCUT2D eigenvalue weighted by atomic mass is 9.73. The van der Waals surface area contributed by atoms with E-state index >= 15 is 0 Å². The average molecular weight is 322 g/mol. The molecule has 0 radical (unpaired) electrons. The van der Waals surface area contributed by atoms with E-state index < -0.39 is 5.41 Å². The average Bonchev–Trinajstić information content (AvgIpc) is 2.60. The Morgan fingerprint density at radius 1 is 1.26 bits per heavy atom. The molecule has 5 heteroatoms. The SMILES string of the molecule is CCC(N)(CC)CNC(=O)C1(c2ccc(F)cc2)CCOCC1. The highest BCUT2D eigenvalue weighted by molar-refractivity contribution is 5.88. The number of benzene rings is 1. The molecule has 0 atom stereocenters. The molecule has 1 amide bonds. The summed E-state index contributed by atoms with van der Waals surface area (Å²) < 4.78 is 18.7. The van der Waals surface area contributed by atoms with E-state index in [-0.39, 0.29) is 17.3 Å². The van der Waals surface area contributed by atoms with Crippen LogP contribution < -0.4 is 11.1 Å². The first-order chi connectivity index (χ1) is 11.0. The molecule has 0 aromatic heterocycles. The van der Waals surface area contributed by atoms with Gasteiger partial charge < -0.3 is 15.8 Å². The fourth-order valence-electron chi connectivity index (χ4n) is 3.06. The van der Waals surface area contributed by atoms with Gasteiger partial charge >= 0.3 is 0 Å². The van der Waals surface area contributed by atoms with Crippen molar-refractivity contribution < 1.29 is 13.9 Å². The number of halogens is 1. The summed E-state index contributed by atoms with van der Waals surface area (Å²) in [5.41, 5.74) is 6.09. The van der Waals surface area contributed by atoms with Crippen LogP contribution in [0.3, 0.4) is 0 Å². The summed E-state index contributed by atoms with van der Waals surface area (Å²) in [4.78, 5) is 13.0. The van der Waals surface area contributed by atoms with Crippen LogP contribution in [0.4, 0.5) is 4.39 Å². The van der Waals surface area contributed by atoms with Gasteiger partial charge in [-0.15, -0.1) is 0 Å². The predicted molar refractivity (Wildman–Crippen MR) is 88.6 cm³/mol. The minimum absolute atomic E-state index is 0.0378. The van der Waals surface area contributed by atoms with Gasteiger partial charge in [-0.3, -0.25) is 4.79 Å². The van der Waals surface area contributed by atoms with Gasteiger partial charge in [0.05, 0.1) is 5.41 Å². The van der Waals surface area contributed by atoms with Gasteiger partial charge in [0.15, 0.2) is 0 Å². The molecule has 1 heterocycles. The Labute approximate surface area is 137 Å². The van der Waals surface area contributed by atoms with Crippen LogP contribution in [0.1, 0.15) is 45.1 Å². The molecule has 0 unspecified atom stereocenters. The molecule has 2 rings (SSSR count). The number of amides is 1. The summed E-state index contributed by atoms with van der Waals surface area (Å²) in [6.45, 7) is 5.56. The number of carbonyl (C=O) groups is 1. The molecule has 4 nitrogen and oxygen atoms in total. The molecule has 1 aromatic rings. The number of hydrogen-bond acceptors (Lipinski definition) is 3. The molecular formula is C18H27FN2O2. The molecule has 1 aliphatic heterocycles. The van der Waals surface area contributed by atoms with E-state index in [1.165, 1.54) is 12.1 Å². The molecule has 23 heavy (non-hydrogen) atoms. The van der Waals surface area contributed by atoms with E-state index in [1.807, 2.05) is 13.8 Å². The van der Waals surface area contributed by atoms with Crippen LogP contribution in [-0.4, -0.2) is 31.2 Å². The van der Waals surface area contributed by atoms with Gasteiger partial charge in [-0.2, -0.15) is 0 Å². The van der Waals surface area contributed by atoms with Gasteiger partial charge in [-0.1, -0.05) is 26.0 Å². The Hall–Kier alpha value is -1.46. The molecular weight excluding hydrogens is 295 g/mol. The quantitative estimate of drug-likeness (QED) is 0.846. The molecule has 0 bridgehead atoms. The summed E-state index contributed by atoms with van der Waals surface area (Å²) in [5.74, 6) is -0.335. The first-order valence-electron chi connectivity index (χ1n) is 8.37. The largest absolute Gasteiger partial charge is 0.381 e. The van der Waals surface area contributed by atoms with Crippen molar-refractivity contribution in [1.82, 2.24) is 5.32 Å². The van der Waals surface area contributed by atoms with Crippen molar-refractivity contribution in [3.63, 3.8) is 0 Å². The van der Waals surface area contributed by atoms with Gasteiger partial charge in [0.25, 0.3) is 0 Å². The highest BCUT2D eigenvalue weighted by Gasteiger charge is 2.42. The molecule has 0 spiro atoms. The number of nitrogens with one attached hydrogen (secondary N) is 1. The molecule has 1 saturated heterocycles. The normalized spacial score (nSPS) is 17.7. The van der Waals surface area contributed by atoms with Crippen LogP contribution in [0.25, 0.3) is 0 Å². The van der Waals surface area contributed by atoms with Crippen LogP contribution in [0.2, 0.25) is 0 Å². The van der Waals surface area contributed by atoms with E-state index in [0.29, 0.717) is 32.6 Å². The molecule has 128 valence electrons. The summed E-state index contributed by atoms with van der Waals surface area (Å²) in [7, 11) is 0. The Balaban J connectivity index is 2.21. The lowest BCUT2D eigenvalue weighted by Gasteiger charge is -2.37. The Kier molecular flexibility index (Phi) is 5.76. The van der Waals surface area contributed by atoms with Crippen molar-refractivity contribution in [2.24, 2.45) is 5.73 Å². The van der Waals surface area contributed by atoms with E-state index in [1.54, 1.807) is 12.1 Å². The lowest BCUT2D eigenvalue weighted by Crippen LogP contribution is -2.54. The second kappa shape index (κ2) is 7.41. The highest BCUT2D eigenvalue weighted by Crippen LogP contribution is 2.35. The third-order valence-electron chi connectivity index (χ3n) is 5.19. The fraction of sp³-hybridized carbons (Fsp3) is 0.611. The van der Waals surface area contributed by atoms with Gasteiger partial charge in [0.1, 0.15) is 5.82 Å². The first kappa shape index (κ1) is 17.9. The topological polar surface area (TPSA) is 64.3 Å². The monoisotopic (exact) mass is 322 g/mol. The number of ether oxygens (including phenoxy) is 1. The molecule has 1 fully saturated rings. The minimum Gasteiger partial charge on any atom is -0.381 e. The lowest BCUT2D eigenvalue weighted by molar-refractivity contribution is -0.130. The van der Waals surface area contributed by atoms with Crippen molar-refractivity contribution >= 4 is 5.91 Å². The zero-order chi connectivity index (χ0) is 16.9. The molecule has 3 N–H and O–H groups in total. The Morgan fingerprint density at radius 2 is 1.83 bits per heavy atom. The van der Waals surface area contributed by atoms with Gasteiger partial charge in [-0.05, 0) is 43.4 Å². The standard InChI is InChI=1S/C18H27FN2O2/c1-3-17(20,4-2)13-21-16(22)18(9-11-23-12-10-18)14-5-7-15(19)8-6-14/h5-8H,3-4,9-13,20H2,1-2H3,(H,21,22). The maximum Gasteiger partial charge on any atom is 0.230 e. The van der Waals surface area contributed by atoms with E-state index in [4.69, 9.17) is 10.5 Å². The molecule has 1 aliphatic rings. The van der Waals surface area contributed by atoms with Crippen molar-refractivity contribution in [1.29, 1.82) is 0 Å². The zero-order valence-corrected chi connectivity index (χ0v) is 14.0. The van der Waals surface area contributed by atoms with Gasteiger partial charge in [0, 0.05) is 25.3 Å². The van der Waals surface area contributed by atoms with Crippen molar-refractivity contribution in [3.05, 3.63) is 35.6 Å². The Morgan fingerprint density at radius 3 is 2.35 bits per heavy atom. The van der Waals surface area contributed by atoms with Gasteiger partial charge in [-0.25, -0.2) is 4.39 Å². The van der Waals surface area contributed by atoms with Crippen molar-refractivity contribution in [2.45, 2.75) is 50.5 Å². The smallest absolute Gasteiger partial charge is 0.230 e. The van der Waals surface area contributed by atoms with E-state index in [2.05, 4.69) is 5.32 Å². The second-order valence-electron chi connectivity index (χ2n) is 6.45.